The number of carbonyl (C=O) groups is 1. The number of ether oxygens (including phenoxy) is 1. The van der Waals surface area contributed by atoms with Crippen molar-refractivity contribution in [2.75, 3.05) is 40.9 Å². The summed E-state index contributed by atoms with van der Waals surface area (Å²) in [5, 5.41) is 19.2. The molecule has 1 aliphatic carbocycles. The first-order valence-electron chi connectivity index (χ1n) is 7.48. The molecule has 1 saturated carbocycles. The highest BCUT2D eigenvalue weighted by atomic mass is 16.5. The molecule has 0 bridgehead atoms. The van der Waals surface area contributed by atoms with Gasteiger partial charge >= 0.3 is 0 Å². The van der Waals surface area contributed by atoms with Gasteiger partial charge in [0.05, 0.1) is 25.3 Å². The number of nitrogens with zero attached hydrogens (tertiary/aromatic N) is 3. The molecule has 1 amide bonds. The van der Waals surface area contributed by atoms with E-state index >= 15 is 0 Å². The van der Waals surface area contributed by atoms with E-state index in [1.165, 1.54) is 7.11 Å². The van der Waals surface area contributed by atoms with Crippen LogP contribution in [-0.2, 0) is 9.53 Å². The van der Waals surface area contributed by atoms with Crippen molar-refractivity contribution in [3.05, 3.63) is 0 Å². The molecule has 1 aliphatic rings. The third kappa shape index (κ3) is 4.95. The molecule has 120 valence electrons. The number of nitriles is 1. The first-order valence-corrected chi connectivity index (χ1v) is 7.48. The van der Waals surface area contributed by atoms with E-state index in [9.17, 15) is 15.2 Å². The number of carbonyl (C=O) groups excluding carboxylic acids is 1. The predicted octanol–water partition coefficient (Wildman–Crippen LogP) is 0.610. The smallest absolute Gasteiger partial charge is 0.237 e. The van der Waals surface area contributed by atoms with Crippen LogP contribution >= 0.6 is 0 Å². The van der Waals surface area contributed by atoms with Crippen molar-refractivity contribution in [3.8, 4) is 6.07 Å². The standard InChI is InChI=1S/C15H27N3O3/c1-17(9-13(19)11-21-3)10-14(20)18(2)15(12-16)7-5-4-6-8-15/h13,19H,4-11H2,1-3H3. The first-order chi connectivity index (χ1) is 9.95. The molecule has 0 heterocycles. The first kappa shape index (κ1) is 17.9. The molecule has 0 aromatic heterocycles. The highest BCUT2D eigenvalue weighted by molar-refractivity contribution is 5.79. The maximum Gasteiger partial charge on any atom is 0.237 e. The second-order valence-electron chi connectivity index (χ2n) is 5.96. The molecule has 1 N–H and O–H groups in total. The van der Waals surface area contributed by atoms with Gasteiger partial charge in [0.15, 0.2) is 0 Å². The predicted molar refractivity (Wildman–Crippen MR) is 79.6 cm³/mol. The van der Waals surface area contributed by atoms with Gasteiger partial charge in [-0.3, -0.25) is 9.69 Å². The van der Waals surface area contributed by atoms with Gasteiger partial charge in [0, 0.05) is 20.7 Å². The molecule has 1 rings (SSSR count). The fourth-order valence-electron chi connectivity index (χ4n) is 2.90. The maximum atomic E-state index is 12.4. The van der Waals surface area contributed by atoms with Crippen molar-refractivity contribution in [1.82, 2.24) is 9.80 Å². The van der Waals surface area contributed by atoms with Crippen molar-refractivity contribution in [3.63, 3.8) is 0 Å². The van der Waals surface area contributed by atoms with Crippen LogP contribution in [0, 0.1) is 11.3 Å². The van der Waals surface area contributed by atoms with E-state index in [0.29, 0.717) is 6.54 Å². The van der Waals surface area contributed by atoms with Crippen LogP contribution in [0.3, 0.4) is 0 Å². The van der Waals surface area contributed by atoms with Gasteiger partial charge in [0.25, 0.3) is 0 Å². The normalized spacial score (nSPS) is 19.0. The molecule has 0 spiro atoms. The Morgan fingerprint density at radius 2 is 2.00 bits per heavy atom. The van der Waals surface area contributed by atoms with Crippen molar-refractivity contribution >= 4 is 5.91 Å². The lowest BCUT2D eigenvalue weighted by Gasteiger charge is -2.39. The van der Waals surface area contributed by atoms with Crippen molar-refractivity contribution < 1.29 is 14.6 Å². The van der Waals surface area contributed by atoms with Gasteiger partial charge in [-0.1, -0.05) is 19.3 Å². The number of aliphatic hydroxyl groups excluding tert-OH is 1. The summed E-state index contributed by atoms with van der Waals surface area (Å²) in [5.74, 6) is -0.0782. The molecule has 0 radical (unpaired) electrons. The Bertz CT molecular complexity index is 375. The fourth-order valence-corrected chi connectivity index (χ4v) is 2.90. The average molecular weight is 297 g/mol. The van der Waals surface area contributed by atoms with Crippen molar-refractivity contribution in [1.29, 1.82) is 5.26 Å². The molecule has 1 unspecified atom stereocenters. The summed E-state index contributed by atoms with van der Waals surface area (Å²) in [5.41, 5.74) is -0.651. The van der Waals surface area contributed by atoms with Crippen LogP contribution in [0.15, 0.2) is 0 Å². The molecule has 1 atom stereocenters. The summed E-state index contributed by atoms with van der Waals surface area (Å²) in [6, 6.07) is 2.35. The molecule has 0 aromatic rings. The summed E-state index contributed by atoms with van der Waals surface area (Å²) < 4.78 is 4.87. The van der Waals surface area contributed by atoms with Crippen LogP contribution in [0.25, 0.3) is 0 Å². The lowest BCUT2D eigenvalue weighted by molar-refractivity contribution is -0.136. The van der Waals surface area contributed by atoms with Crippen molar-refractivity contribution in [2.24, 2.45) is 0 Å². The summed E-state index contributed by atoms with van der Waals surface area (Å²) >= 11 is 0. The Kier molecular flexibility index (Phi) is 7.09. The number of likely N-dealkylation sites (N-methyl/N-ethyl adjacent to an activating group) is 2. The zero-order valence-electron chi connectivity index (χ0n) is 13.3. The Labute approximate surface area is 127 Å². The van der Waals surface area contributed by atoms with Crippen LogP contribution in [0.2, 0.25) is 0 Å². The van der Waals surface area contributed by atoms with Gasteiger partial charge in [-0.25, -0.2) is 0 Å². The lowest BCUT2D eigenvalue weighted by atomic mass is 9.81. The van der Waals surface area contributed by atoms with E-state index in [2.05, 4.69) is 6.07 Å². The topological polar surface area (TPSA) is 76.8 Å². The Morgan fingerprint density at radius 1 is 1.38 bits per heavy atom. The van der Waals surface area contributed by atoms with E-state index in [-0.39, 0.29) is 19.1 Å². The number of rotatable bonds is 7. The van der Waals surface area contributed by atoms with Crippen LogP contribution in [-0.4, -0.2) is 73.4 Å². The highest BCUT2D eigenvalue weighted by Gasteiger charge is 2.38. The largest absolute Gasteiger partial charge is 0.389 e. The van der Waals surface area contributed by atoms with Gasteiger partial charge in [-0.05, 0) is 19.9 Å². The quantitative estimate of drug-likeness (QED) is 0.745. The summed E-state index contributed by atoms with van der Waals surface area (Å²) in [6.07, 6.45) is 4.01. The zero-order chi connectivity index (χ0) is 15.9. The summed E-state index contributed by atoms with van der Waals surface area (Å²) in [4.78, 5) is 15.7. The number of aliphatic hydroxyl groups is 1. The van der Waals surface area contributed by atoms with E-state index in [0.717, 1.165) is 32.1 Å². The van der Waals surface area contributed by atoms with E-state index < -0.39 is 11.6 Å². The third-order valence-electron chi connectivity index (χ3n) is 4.19. The zero-order valence-corrected chi connectivity index (χ0v) is 13.3. The molecular weight excluding hydrogens is 270 g/mol. The van der Waals surface area contributed by atoms with E-state index in [1.807, 2.05) is 0 Å². The number of amides is 1. The molecule has 0 saturated heterocycles. The molecular formula is C15H27N3O3. The minimum Gasteiger partial charge on any atom is -0.389 e. The van der Waals surface area contributed by atoms with Gasteiger partial charge in [0.1, 0.15) is 5.54 Å². The second kappa shape index (κ2) is 8.32. The van der Waals surface area contributed by atoms with Gasteiger partial charge in [-0.2, -0.15) is 5.26 Å². The minimum absolute atomic E-state index is 0.0782. The Balaban J connectivity index is 2.55. The second-order valence-corrected chi connectivity index (χ2v) is 5.96. The minimum atomic E-state index is -0.651. The van der Waals surface area contributed by atoms with Crippen LogP contribution in [0.4, 0.5) is 0 Å². The summed E-state index contributed by atoms with van der Waals surface area (Å²) in [6.45, 7) is 0.810. The average Bonchev–Trinajstić information content (AvgIpc) is 2.47. The monoisotopic (exact) mass is 297 g/mol. The molecule has 6 nitrogen and oxygen atoms in total. The maximum absolute atomic E-state index is 12.4. The van der Waals surface area contributed by atoms with E-state index in [4.69, 9.17) is 4.74 Å². The Morgan fingerprint density at radius 3 is 2.52 bits per heavy atom. The van der Waals surface area contributed by atoms with Gasteiger partial charge in [0.2, 0.25) is 5.91 Å². The molecule has 6 heteroatoms. The van der Waals surface area contributed by atoms with Crippen LogP contribution < -0.4 is 0 Å². The number of methoxy groups -OCH3 is 1. The summed E-state index contributed by atoms with van der Waals surface area (Å²) in [7, 11) is 5.03. The number of hydrogen-bond donors (Lipinski definition) is 1. The molecule has 0 aliphatic heterocycles. The Hall–Kier alpha value is -1.16. The van der Waals surface area contributed by atoms with Gasteiger partial charge in [-0.15, -0.1) is 0 Å². The molecule has 0 aromatic carbocycles. The third-order valence-corrected chi connectivity index (χ3v) is 4.19. The van der Waals surface area contributed by atoms with Gasteiger partial charge < -0.3 is 14.7 Å². The lowest BCUT2D eigenvalue weighted by Crippen LogP contribution is -2.52. The molecule has 21 heavy (non-hydrogen) atoms. The molecule has 1 fully saturated rings. The van der Waals surface area contributed by atoms with Crippen LogP contribution in [0.5, 0.6) is 0 Å². The van der Waals surface area contributed by atoms with E-state index in [1.54, 1.807) is 23.9 Å². The van der Waals surface area contributed by atoms with Crippen molar-refractivity contribution in [2.45, 2.75) is 43.7 Å². The SMILES string of the molecule is COCC(O)CN(C)CC(=O)N(C)C1(C#N)CCCCC1. The number of hydrogen-bond acceptors (Lipinski definition) is 5. The highest BCUT2D eigenvalue weighted by Crippen LogP contribution is 2.32. The van der Waals surface area contributed by atoms with Crippen LogP contribution in [0.1, 0.15) is 32.1 Å². The fraction of sp³-hybridized carbons (Fsp3) is 0.867.